The molecule has 0 radical (unpaired) electrons. The van der Waals surface area contributed by atoms with Gasteiger partial charge in [0.1, 0.15) is 6.04 Å². The van der Waals surface area contributed by atoms with E-state index in [4.69, 9.17) is 0 Å². The van der Waals surface area contributed by atoms with Crippen LogP contribution in [-0.2, 0) is 11.2 Å². The monoisotopic (exact) mass is 452 g/mol. The first kappa shape index (κ1) is 21.1. The lowest BCUT2D eigenvalue weighted by molar-refractivity contribution is -0.118. The van der Waals surface area contributed by atoms with E-state index < -0.39 is 18.0 Å². The van der Waals surface area contributed by atoms with E-state index >= 15 is 0 Å². The maximum atomic E-state index is 13.0. The molecule has 0 spiro atoms. The minimum absolute atomic E-state index is 0.190. The molecule has 0 aliphatic carbocycles. The van der Waals surface area contributed by atoms with Gasteiger partial charge in [-0.1, -0.05) is 18.2 Å². The van der Waals surface area contributed by atoms with Gasteiger partial charge in [-0.2, -0.15) is 0 Å². The molecule has 9 nitrogen and oxygen atoms in total. The molecule has 4 heterocycles. The fourth-order valence-corrected chi connectivity index (χ4v) is 3.88. The fraction of sp³-hybridized carbons (Fsp3) is 0.0800. The molecule has 5 aromatic rings. The summed E-state index contributed by atoms with van der Waals surface area (Å²) in [6.45, 7) is 0. The Morgan fingerprint density at radius 3 is 2.79 bits per heavy atom. The van der Waals surface area contributed by atoms with E-state index in [-0.39, 0.29) is 6.42 Å². The first-order valence-electron chi connectivity index (χ1n) is 10.6. The second kappa shape index (κ2) is 8.99. The van der Waals surface area contributed by atoms with E-state index in [1.807, 2.05) is 42.5 Å². The molecule has 5 rings (SSSR count). The normalized spacial score (nSPS) is 11.9. The molecule has 0 aliphatic rings. The molecule has 0 saturated carbocycles. The third-order valence-corrected chi connectivity index (χ3v) is 5.50. The maximum absolute atomic E-state index is 13.0. The number of hydrogen-bond acceptors (Lipinski definition) is 5. The molecule has 34 heavy (non-hydrogen) atoms. The topological polar surface area (TPSA) is 133 Å². The summed E-state index contributed by atoms with van der Waals surface area (Å²) in [5, 5.41) is 16.3. The molecule has 0 bridgehead atoms. The minimum Gasteiger partial charge on any atom is -0.465 e. The predicted molar refractivity (Wildman–Crippen MR) is 128 cm³/mol. The van der Waals surface area contributed by atoms with Gasteiger partial charge >= 0.3 is 6.09 Å². The molecule has 0 unspecified atom stereocenters. The number of nitrogens with one attached hydrogen (secondary N) is 3. The van der Waals surface area contributed by atoms with Crippen molar-refractivity contribution in [2.75, 3.05) is 5.32 Å². The number of amides is 2. The zero-order valence-electron chi connectivity index (χ0n) is 17.9. The van der Waals surface area contributed by atoms with E-state index in [0.717, 1.165) is 32.9 Å². The largest absolute Gasteiger partial charge is 0.465 e. The SMILES string of the molecule is O=C(O)N[C@@H](Cc1c[nH]c2ccccc12)C(=O)Nc1cncc(-c2ccc3cnccc3n2)c1. The Hall–Kier alpha value is -4.79. The van der Waals surface area contributed by atoms with Gasteiger partial charge in [0.2, 0.25) is 5.91 Å². The Morgan fingerprint density at radius 1 is 1.03 bits per heavy atom. The van der Waals surface area contributed by atoms with E-state index in [1.165, 1.54) is 6.20 Å². The number of hydrogen-bond donors (Lipinski definition) is 4. The van der Waals surface area contributed by atoms with Gasteiger partial charge < -0.3 is 20.7 Å². The average molecular weight is 452 g/mol. The average Bonchev–Trinajstić information content (AvgIpc) is 3.26. The third-order valence-electron chi connectivity index (χ3n) is 5.50. The van der Waals surface area contributed by atoms with Crippen molar-refractivity contribution in [2.45, 2.75) is 12.5 Å². The highest BCUT2D eigenvalue weighted by molar-refractivity contribution is 5.97. The highest BCUT2D eigenvalue weighted by Gasteiger charge is 2.23. The van der Waals surface area contributed by atoms with Crippen molar-refractivity contribution in [3.8, 4) is 11.3 Å². The van der Waals surface area contributed by atoms with Crippen molar-refractivity contribution in [1.82, 2.24) is 25.3 Å². The van der Waals surface area contributed by atoms with Crippen LogP contribution in [0.3, 0.4) is 0 Å². The Morgan fingerprint density at radius 2 is 1.91 bits per heavy atom. The summed E-state index contributed by atoms with van der Waals surface area (Å²) < 4.78 is 0. The molecule has 4 N–H and O–H groups in total. The summed E-state index contributed by atoms with van der Waals surface area (Å²) in [6.07, 6.45) is 7.29. The second-order valence-corrected chi connectivity index (χ2v) is 7.78. The van der Waals surface area contributed by atoms with Crippen molar-refractivity contribution in [3.05, 3.63) is 85.1 Å². The highest BCUT2D eigenvalue weighted by atomic mass is 16.4. The van der Waals surface area contributed by atoms with E-state index in [9.17, 15) is 14.7 Å². The van der Waals surface area contributed by atoms with Crippen LogP contribution in [0.1, 0.15) is 5.56 Å². The van der Waals surface area contributed by atoms with Crippen LogP contribution < -0.4 is 10.6 Å². The van der Waals surface area contributed by atoms with Gasteiger partial charge in [-0.25, -0.2) is 9.78 Å². The third kappa shape index (κ3) is 4.40. The van der Waals surface area contributed by atoms with E-state index in [2.05, 4.69) is 30.6 Å². The number of nitrogens with zero attached hydrogens (tertiary/aromatic N) is 3. The number of para-hydroxylation sites is 1. The Bertz CT molecular complexity index is 1510. The van der Waals surface area contributed by atoms with Crippen LogP contribution in [-0.4, -0.2) is 43.1 Å². The summed E-state index contributed by atoms with van der Waals surface area (Å²) >= 11 is 0. The van der Waals surface area contributed by atoms with Gasteiger partial charge in [0.25, 0.3) is 0 Å². The van der Waals surface area contributed by atoms with Crippen LogP contribution in [0.4, 0.5) is 10.5 Å². The number of carboxylic acid groups (broad SMARTS) is 1. The number of rotatable bonds is 6. The number of carbonyl (C=O) groups is 2. The maximum Gasteiger partial charge on any atom is 0.405 e. The molecule has 9 heteroatoms. The van der Waals surface area contributed by atoms with Crippen LogP contribution in [0.2, 0.25) is 0 Å². The van der Waals surface area contributed by atoms with E-state index in [0.29, 0.717) is 11.4 Å². The second-order valence-electron chi connectivity index (χ2n) is 7.78. The molecule has 4 aromatic heterocycles. The Labute approximate surface area is 193 Å². The lowest BCUT2D eigenvalue weighted by atomic mass is 10.0. The van der Waals surface area contributed by atoms with Crippen LogP contribution >= 0.6 is 0 Å². The molecule has 0 saturated heterocycles. The molecular formula is C25H20N6O3. The molecule has 1 atom stereocenters. The zero-order valence-corrected chi connectivity index (χ0v) is 17.9. The van der Waals surface area contributed by atoms with Gasteiger partial charge in [0.15, 0.2) is 0 Å². The summed E-state index contributed by atoms with van der Waals surface area (Å²) in [5.41, 5.74) is 4.41. The summed E-state index contributed by atoms with van der Waals surface area (Å²) in [7, 11) is 0. The molecule has 0 aliphatic heterocycles. The lowest BCUT2D eigenvalue weighted by Crippen LogP contribution is -2.44. The van der Waals surface area contributed by atoms with Crippen molar-refractivity contribution < 1.29 is 14.7 Å². The standard InChI is InChI=1S/C25H20N6O3/c32-24(23(31-25(33)34)10-16-13-28-22-4-2-1-3-19(16)22)29-18-9-17(12-27-14-18)20-6-5-15-11-26-8-7-21(15)30-20/h1-9,11-14,23,28,31H,10H2,(H,29,32)(H,33,34)/t23-/m0/s1. The molecular weight excluding hydrogens is 432 g/mol. The minimum atomic E-state index is -1.28. The zero-order chi connectivity index (χ0) is 23.5. The van der Waals surface area contributed by atoms with E-state index in [1.54, 1.807) is 30.9 Å². The Balaban J connectivity index is 1.38. The Kier molecular flexibility index (Phi) is 5.57. The summed E-state index contributed by atoms with van der Waals surface area (Å²) in [4.78, 5) is 40.5. The molecule has 2 amide bonds. The van der Waals surface area contributed by atoms with Gasteiger partial charge in [-0.15, -0.1) is 0 Å². The number of anilines is 1. The van der Waals surface area contributed by atoms with Gasteiger partial charge in [-0.05, 0) is 35.9 Å². The van der Waals surface area contributed by atoms with Gasteiger partial charge in [0, 0.05) is 53.1 Å². The van der Waals surface area contributed by atoms with Gasteiger partial charge in [0.05, 0.1) is 23.1 Å². The number of pyridine rings is 3. The number of aromatic amines is 1. The number of fused-ring (bicyclic) bond motifs is 2. The van der Waals surface area contributed by atoms with Gasteiger partial charge in [-0.3, -0.25) is 14.8 Å². The highest BCUT2D eigenvalue weighted by Crippen LogP contribution is 2.23. The summed E-state index contributed by atoms with van der Waals surface area (Å²) in [5.74, 6) is -0.482. The summed E-state index contributed by atoms with van der Waals surface area (Å²) in [6, 6.07) is 14.0. The van der Waals surface area contributed by atoms with Crippen LogP contribution in [0, 0.1) is 0 Å². The van der Waals surface area contributed by atoms with Crippen molar-refractivity contribution in [2.24, 2.45) is 0 Å². The predicted octanol–water partition coefficient (Wildman–Crippen LogP) is 3.99. The van der Waals surface area contributed by atoms with Crippen LogP contribution in [0.15, 0.2) is 79.5 Å². The smallest absolute Gasteiger partial charge is 0.405 e. The number of benzene rings is 1. The quantitative estimate of drug-likeness (QED) is 0.308. The van der Waals surface area contributed by atoms with Crippen molar-refractivity contribution >= 4 is 39.5 Å². The van der Waals surface area contributed by atoms with Crippen LogP contribution in [0.5, 0.6) is 0 Å². The fourth-order valence-electron chi connectivity index (χ4n) is 3.88. The molecule has 1 aromatic carbocycles. The first-order chi connectivity index (χ1) is 16.6. The number of carbonyl (C=O) groups excluding carboxylic acids is 1. The molecule has 0 fully saturated rings. The first-order valence-corrected chi connectivity index (χ1v) is 10.6. The van der Waals surface area contributed by atoms with Crippen LogP contribution in [0.25, 0.3) is 33.1 Å². The molecule has 168 valence electrons. The lowest BCUT2D eigenvalue weighted by Gasteiger charge is -2.17. The van der Waals surface area contributed by atoms with Crippen molar-refractivity contribution in [3.63, 3.8) is 0 Å². The van der Waals surface area contributed by atoms with Crippen molar-refractivity contribution in [1.29, 1.82) is 0 Å². The number of H-pyrrole nitrogens is 1. The number of aromatic nitrogens is 4.